The molecule has 0 bridgehead atoms. The Morgan fingerprint density at radius 3 is 2.05 bits per heavy atom. The second kappa shape index (κ2) is 8.20. The summed E-state index contributed by atoms with van der Waals surface area (Å²) in [4.78, 5) is 0. The largest absolute Gasteiger partial charge is 0.324 e. The Balaban J connectivity index is 2.39. The van der Waals surface area contributed by atoms with Crippen LogP contribution in [0.3, 0.4) is 0 Å². The second-order valence-corrected chi connectivity index (χ2v) is 4.96. The molecule has 1 atom stereocenters. The van der Waals surface area contributed by atoms with E-state index in [2.05, 4.69) is 6.92 Å². The van der Waals surface area contributed by atoms with Gasteiger partial charge in [-0.15, -0.1) is 0 Å². The number of halogens is 3. The molecule has 0 aromatic heterocycles. The van der Waals surface area contributed by atoms with Gasteiger partial charge in [0.05, 0.1) is 0 Å². The second-order valence-electron chi connectivity index (χ2n) is 4.96. The van der Waals surface area contributed by atoms with Crippen LogP contribution in [0.4, 0.5) is 13.2 Å². The van der Waals surface area contributed by atoms with E-state index in [1.54, 1.807) is 0 Å². The molecule has 4 heteroatoms. The van der Waals surface area contributed by atoms with E-state index in [0.29, 0.717) is 12.0 Å². The standard InChI is InChI=1S/C15H22F3N/c1-2-3-4-5-6-7-8-14(19)11-9-12(16)15(18)13(17)10-11/h9-10,14H,2-8,19H2,1H3. The van der Waals surface area contributed by atoms with E-state index in [1.165, 1.54) is 19.3 Å². The van der Waals surface area contributed by atoms with Gasteiger partial charge in [0.25, 0.3) is 0 Å². The summed E-state index contributed by atoms with van der Waals surface area (Å²) in [5, 5.41) is 0. The van der Waals surface area contributed by atoms with Crippen LogP contribution in [0.25, 0.3) is 0 Å². The molecule has 0 radical (unpaired) electrons. The first kappa shape index (κ1) is 16.0. The van der Waals surface area contributed by atoms with Gasteiger partial charge in [0, 0.05) is 6.04 Å². The summed E-state index contributed by atoms with van der Waals surface area (Å²) < 4.78 is 38.9. The number of nitrogens with two attached hydrogens (primary N) is 1. The Bertz CT molecular complexity index is 370. The first-order valence-corrected chi connectivity index (χ1v) is 6.96. The lowest BCUT2D eigenvalue weighted by atomic mass is 10.00. The van der Waals surface area contributed by atoms with Crippen LogP contribution in [0.5, 0.6) is 0 Å². The fraction of sp³-hybridized carbons (Fsp3) is 0.600. The van der Waals surface area contributed by atoms with Gasteiger partial charge >= 0.3 is 0 Å². The minimum atomic E-state index is -1.43. The molecule has 0 aliphatic heterocycles. The van der Waals surface area contributed by atoms with Gasteiger partial charge < -0.3 is 5.73 Å². The third kappa shape index (κ3) is 5.23. The van der Waals surface area contributed by atoms with Crippen molar-refractivity contribution in [3.63, 3.8) is 0 Å². The van der Waals surface area contributed by atoms with E-state index in [9.17, 15) is 13.2 Å². The highest BCUT2D eigenvalue weighted by Crippen LogP contribution is 2.22. The van der Waals surface area contributed by atoms with Gasteiger partial charge in [-0.1, -0.05) is 45.4 Å². The number of hydrogen-bond donors (Lipinski definition) is 1. The average Bonchev–Trinajstić information content (AvgIpc) is 2.39. The molecule has 0 saturated carbocycles. The molecule has 108 valence electrons. The van der Waals surface area contributed by atoms with Gasteiger partial charge in [-0.05, 0) is 24.1 Å². The van der Waals surface area contributed by atoms with Crippen molar-refractivity contribution < 1.29 is 13.2 Å². The molecular formula is C15H22F3N. The first-order chi connectivity index (χ1) is 9.06. The molecule has 1 aromatic rings. The fourth-order valence-corrected chi connectivity index (χ4v) is 2.10. The Kier molecular flexibility index (Phi) is 6.92. The zero-order valence-corrected chi connectivity index (χ0v) is 11.4. The quantitative estimate of drug-likeness (QED) is 0.531. The number of hydrogen-bond acceptors (Lipinski definition) is 1. The van der Waals surface area contributed by atoms with Crippen molar-refractivity contribution in [2.75, 3.05) is 0 Å². The van der Waals surface area contributed by atoms with Crippen LogP contribution in [0.15, 0.2) is 12.1 Å². The van der Waals surface area contributed by atoms with Crippen molar-refractivity contribution in [1.29, 1.82) is 0 Å². The summed E-state index contributed by atoms with van der Waals surface area (Å²) >= 11 is 0. The molecule has 1 aromatic carbocycles. The van der Waals surface area contributed by atoms with E-state index in [4.69, 9.17) is 5.73 Å². The van der Waals surface area contributed by atoms with E-state index in [0.717, 1.165) is 31.4 Å². The highest BCUT2D eigenvalue weighted by Gasteiger charge is 2.14. The molecule has 0 amide bonds. The molecule has 1 unspecified atom stereocenters. The Morgan fingerprint density at radius 2 is 1.47 bits per heavy atom. The molecule has 19 heavy (non-hydrogen) atoms. The van der Waals surface area contributed by atoms with Gasteiger partial charge in [0.1, 0.15) is 0 Å². The highest BCUT2D eigenvalue weighted by atomic mass is 19.2. The molecule has 0 saturated heterocycles. The maximum atomic E-state index is 13.1. The predicted molar refractivity (Wildman–Crippen MR) is 71.2 cm³/mol. The Labute approximate surface area is 113 Å². The zero-order chi connectivity index (χ0) is 14.3. The molecule has 0 aliphatic rings. The normalized spacial score (nSPS) is 12.7. The Morgan fingerprint density at radius 1 is 0.947 bits per heavy atom. The number of rotatable bonds is 8. The van der Waals surface area contributed by atoms with Gasteiger partial charge in [-0.3, -0.25) is 0 Å². The van der Waals surface area contributed by atoms with Crippen LogP contribution in [0, 0.1) is 17.5 Å². The van der Waals surface area contributed by atoms with Gasteiger partial charge in [0.2, 0.25) is 0 Å². The molecular weight excluding hydrogens is 251 g/mol. The SMILES string of the molecule is CCCCCCCCC(N)c1cc(F)c(F)c(F)c1. The molecule has 2 N–H and O–H groups in total. The maximum absolute atomic E-state index is 13.1. The zero-order valence-electron chi connectivity index (χ0n) is 11.4. The van der Waals surface area contributed by atoms with E-state index >= 15 is 0 Å². The van der Waals surface area contributed by atoms with Gasteiger partial charge in [-0.2, -0.15) is 0 Å². The van der Waals surface area contributed by atoms with Crippen molar-refractivity contribution in [2.45, 2.75) is 57.9 Å². The van der Waals surface area contributed by atoms with Crippen molar-refractivity contribution in [3.05, 3.63) is 35.1 Å². The number of benzene rings is 1. The van der Waals surface area contributed by atoms with Crippen LogP contribution in [0.1, 0.15) is 63.5 Å². The van der Waals surface area contributed by atoms with E-state index < -0.39 is 23.5 Å². The van der Waals surface area contributed by atoms with Gasteiger partial charge in [-0.25, -0.2) is 13.2 Å². The third-order valence-electron chi connectivity index (χ3n) is 3.30. The van der Waals surface area contributed by atoms with Crippen LogP contribution in [-0.2, 0) is 0 Å². The lowest BCUT2D eigenvalue weighted by Crippen LogP contribution is -2.11. The molecule has 1 rings (SSSR count). The summed E-state index contributed by atoms with van der Waals surface area (Å²) in [6.45, 7) is 2.16. The summed E-state index contributed by atoms with van der Waals surface area (Å²) in [5.74, 6) is -3.78. The Hall–Kier alpha value is -1.03. The topological polar surface area (TPSA) is 26.0 Å². The lowest BCUT2D eigenvalue weighted by molar-refractivity contribution is 0.441. The van der Waals surface area contributed by atoms with Crippen LogP contribution >= 0.6 is 0 Å². The summed E-state index contributed by atoms with van der Waals surface area (Å²) in [6, 6.07) is 1.54. The van der Waals surface area contributed by atoms with E-state index in [1.807, 2.05) is 0 Å². The number of unbranched alkanes of at least 4 members (excludes halogenated alkanes) is 5. The lowest BCUT2D eigenvalue weighted by Gasteiger charge is -2.12. The monoisotopic (exact) mass is 273 g/mol. The van der Waals surface area contributed by atoms with Crippen LogP contribution < -0.4 is 5.73 Å². The smallest absolute Gasteiger partial charge is 0.194 e. The van der Waals surface area contributed by atoms with Crippen LogP contribution in [-0.4, -0.2) is 0 Å². The summed E-state index contributed by atoms with van der Waals surface area (Å²) in [7, 11) is 0. The summed E-state index contributed by atoms with van der Waals surface area (Å²) in [6.07, 6.45) is 7.47. The molecule has 0 spiro atoms. The molecule has 0 fully saturated rings. The maximum Gasteiger partial charge on any atom is 0.194 e. The predicted octanol–water partition coefficient (Wildman–Crippen LogP) is 4.85. The minimum absolute atomic E-state index is 0.324. The average molecular weight is 273 g/mol. The van der Waals surface area contributed by atoms with Crippen LogP contribution in [0.2, 0.25) is 0 Å². The van der Waals surface area contributed by atoms with Crippen molar-refractivity contribution in [1.82, 2.24) is 0 Å². The van der Waals surface area contributed by atoms with E-state index in [-0.39, 0.29) is 0 Å². The minimum Gasteiger partial charge on any atom is -0.324 e. The molecule has 1 nitrogen and oxygen atoms in total. The highest BCUT2D eigenvalue weighted by molar-refractivity contribution is 5.22. The molecule has 0 aliphatic carbocycles. The van der Waals surface area contributed by atoms with Gasteiger partial charge in [0.15, 0.2) is 17.5 Å². The third-order valence-corrected chi connectivity index (χ3v) is 3.30. The summed E-state index contributed by atoms with van der Waals surface area (Å²) in [5.41, 5.74) is 6.19. The van der Waals surface area contributed by atoms with Crippen molar-refractivity contribution in [2.24, 2.45) is 5.73 Å². The first-order valence-electron chi connectivity index (χ1n) is 6.96. The fourth-order valence-electron chi connectivity index (χ4n) is 2.10. The molecule has 0 heterocycles. The van der Waals surface area contributed by atoms with Crippen molar-refractivity contribution in [3.8, 4) is 0 Å². The van der Waals surface area contributed by atoms with Crippen molar-refractivity contribution >= 4 is 0 Å².